The van der Waals surface area contributed by atoms with Crippen LogP contribution in [0.1, 0.15) is 6.42 Å². The molecule has 8 heavy (non-hydrogen) atoms. The summed E-state index contributed by atoms with van der Waals surface area (Å²) in [5, 5.41) is 0. The molecule has 0 radical (unpaired) electrons. The second-order valence-corrected chi connectivity index (χ2v) is 5.48. The minimum absolute atomic E-state index is 0.627. The van der Waals surface area contributed by atoms with Gasteiger partial charge in [0.15, 0.2) is 0 Å². The SMILES string of the molecule is CN(C)C1CC[I-]C1. The first-order valence-corrected chi connectivity index (χ1v) is 6.05. The summed E-state index contributed by atoms with van der Waals surface area (Å²) in [6, 6.07) is 0.947. The molecule has 1 aliphatic heterocycles. The van der Waals surface area contributed by atoms with Gasteiger partial charge in [-0.3, -0.25) is 0 Å². The monoisotopic (exact) mass is 226 g/mol. The summed E-state index contributed by atoms with van der Waals surface area (Å²) in [5.41, 5.74) is 0. The number of alkyl halides is 2. The summed E-state index contributed by atoms with van der Waals surface area (Å²) < 4.78 is 3.09. The molecule has 0 bridgehead atoms. The Bertz CT molecular complexity index is 66.9. The molecule has 0 saturated carbocycles. The summed E-state index contributed by atoms with van der Waals surface area (Å²) in [7, 11) is 4.39. The van der Waals surface area contributed by atoms with Crippen LogP contribution in [0.4, 0.5) is 0 Å². The molecule has 1 nitrogen and oxygen atoms in total. The van der Waals surface area contributed by atoms with E-state index in [-0.39, 0.29) is 0 Å². The van der Waals surface area contributed by atoms with Gasteiger partial charge in [-0.25, -0.2) is 0 Å². The zero-order valence-electron chi connectivity index (χ0n) is 5.52. The third-order valence-electron chi connectivity index (χ3n) is 1.59. The number of halogens is 1. The van der Waals surface area contributed by atoms with Gasteiger partial charge >= 0.3 is 61.5 Å². The summed E-state index contributed by atoms with van der Waals surface area (Å²) in [4.78, 5) is 2.37. The molecule has 0 aromatic heterocycles. The zero-order valence-corrected chi connectivity index (χ0v) is 7.68. The van der Waals surface area contributed by atoms with Crippen molar-refractivity contribution in [3.63, 3.8) is 0 Å². The second kappa shape index (κ2) is 3.01. The van der Waals surface area contributed by atoms with Crippen LogP contribution in [0.15, 0.2) is 0 Å². The molecule has 1 unspecified atom stereocenters. The number of nitrogens with zero attached hydrogens (tertiary/aromatic N) is 1. The van der Waals surface area contributed by atoms with Gasteiger partial charge in [0.1, 0.15) is 0 Å². The van der Waals surface area contributed by atoms with Gasteiger partial charge in [-0.1, -0.05) is 0 Å². The molecular weight excluding hydrogens is 213 g/mol. The van der Waals surface area contributed by atoms with Crippen molar-refractivity contribution in [2.24, 2.45) is 0 Å². The molecule has 1 aliphatic rings. The molecule has 50 valence electrons. The molecule has 0 spiro atoms. The van der Waals surface area contributed by atoms with E-state index < -0.39 is 0 Å². The average Bonchev–Trinajstić information content (AvgIpc) is 2.12. The number of hydrogen-bond acceptors (Lipinski definition) is 1. The van der Waals surface area contributed by atoms with Crippen molar-refractivity contribution < 1.29 is 21.2 Å². The van der Waals surface area contributed by atoms with Crippen molar-refractivity contribution >= 4 is 0 Å². The van der Waals surface area contributed by atoms with E-state index in [9.17, 15) is 0 Å². The second-order valence-electron chi connectivity index (χ2n) is 2.44. The van der Waals surface area contributed by atoms with Crippen molar-refractivity contribution in [3.8, 4) is 0 Å². The summed E-state index contributed by atoms with van der Waals surface area (Å²) in [6.45, 7) is 0. The van der Waals surface area contributed by atoms with Crippen molar-refractivity contribution in [1.29, 1.82) is 0 Å². The Morgan fingerprint density at radius 3 is 2.50 bits per heavy atom. The van der Waals surface area contributed by atoms with Gasteiger partial charge < -0.3 is 0 Å². The summed E-state index contributed by atoms with van der Waals surface area (Å²) >= 11 is 0.627. The predicted molar refractivity (Wildman–Crippen MR) is 31.8 cm³/mol. The summed E-state index contributed by atoms with van der Waals surface area (Å²) in [5.74, 6) is 0. The van der Waals surface area contributed by atoms with Gasteiger partial charge in [0.2, 0.25) is 0 Å². The average molecular weight is 226 g/mol. The summed E-state index contributed by atoms with van der Waals surface area (Å²) in [6.07, 6.45) is 1.47. The van der Waals surface area contributed by atoms with Crippen LogP contribution >= 0.6 is 0 Å². The maximum atomic E-state index is 2.37. The Kier molecular flexibility index (Phi) is 2.56. The van der Waals surface area contributed by atoms with E-state index in [0.717, 1.165) is 6.04 Å². The molecule has 1 atom stereocenters. The first-order valence-electron chi connectivity index (χ1n) is 3.00. The van der Waals surface area contributed by atoms with Crippen LogP contribution in [0.25, 0.3) is 0 Å². The van der Waals surface area contributed by atoms with Gasteiger partial charge in [-0.15, -0.1) is 0 Å². The van der Waals surface area contributed by atoms with E-state index in [1.807, 2.05) is 0 Å². The van der Waals surface area contributed by atoms with Crippen molar-refractivity contribution in [2.45, 2.75) is 12.5 Å². The van der Waals surface area contributed by atoms with E-state index in [4.69, 9.17) is 0 Å². The molecule has 0 N–H and O–H groups in total. The minimum atomic E-state index is 0.627. The maximum absolute atomic E-state index is 2.37. The normalized spacial score (nSPS) is 30.6. The fourth-order valence-corrected chi connectivity index (χ4v) is 4.43. The molecule has 0 aromatic carbocycles. The number of rotatable bonds is 1. The van der Waals surface area contributed by atoms with E-state index in [0.29, 0.717) is 21.2 Å². The molecule has 0 amide bonds. The van der Waals surface area contributed by atoms with Crippen LogP contribution in [-0.2, 0) is 0 Å². The Balaban J connectivity index is 2.24. The van der Waals surface area contributed by atoms with Gasteiger partial charge in [0, 0.05) is 0 Å². The van der Waals surface area contributed by atoms with Gasteiger partial charge in [0.05, 0.1) is 0 Å². The standard InChI is InChI=1S/C6H13IN/c1-8(2)6-3-4-7-5-6/h6H,3-5H2,1-2H3/q-1. The third-order valence-corrected chi connectivity index (χ3v) is 4.62. The van der Waals surface area contributed by atoms with Gasteiger partial charge in [-0.05, 0) is 0 Å². The first kappa shape index (κ1) is 6.81. The molecule has 1 heterocycles. The molecule has 2 heteroatoms. The van der Waals surface area contributed by atoms with Crippen molar-refractivity contribution in [3.05, 3.63) is 0 Å². The van der Waals surface area contributed by atoms with Crippen LogP contribution in [0, 0.1) is 0 Å². The quantitative estimate of drug-likeness (QED) is 0.350. The van der Waals surface area contributed by atoms with Crippen LogP contribution in [0.5, 0.6) is 0 Å². The Morgan fingerprint density at radius 2 is 2.25 bits per heavy atom. The van der Waals surface area contributed by atoms with E-state index in [1.165, 1.54) is 10.8 Å². The Morgan fingerprint density at radius 1 is 1.50 bits per heavy atom. The first-order chi connectivity index (χ1) is 3.80. The third kappa shape index (κ3) is 1.58. The molecule has 1 saturated heterocycles. The molecule has 1 fully saturated rings. The van der Waals surface area contributed by atoms with Crippen LogP contribution in [0.3, 0.4) is 0 Å². The van der Waals surface area contributed by atoms with Crippen molar-refractivity contribution in [1.82, 2.24) is 4.90 Å². The Labute approximate surface area is 61.7 Å². The predicted octanol–water partition coefficient (Wildman–Crippen LogP) is -2.59. The number of hydrogen-bond donors (Lipinski definition) is 0. The molecular formula is C6H13IN-. The topological polar surface area (TPSA) is 3.24 Å². The van der Waals surface area contributed by atoms with E-state index in [1.54, 1.807) is 4.43 Å². The van der Waals surface area contributed by atoms with E-state index in [2.05, 4.69) is 19.0 Å². The fraction of sp³-hybridized carbons (Fsp3) is 1.00. The van der Waals surface area contributed by atoms with Crippen LogP contribution in [-0.4, -0.2) is 33.9 Å². The zero-order chi connectivity index (χ0) is 5.98. The van der Waals surface area contributed by atoms with Crippen LogP contribution in [0.2, 0.25) is 0 Å². The molecule has 1 rings (SSSR count). The van der Waals surface area contributed by atoms with Crippen LogP contribution < -0.4 is 21.2 Å². The van der Waals surface area contributed by atoms with E-state index >= 15 is 0 Å². The molecule has 0 aliphatic carbocycles. The van der Waals surface area contributed by atoms with Crippen molar-refractivity contribution in [2.75, 3.05) is 23.0 Å². The molecule has 0 aromatic rings. The fourth-order valence-electron chi connectivity index (χ4n) is 0.880. The van der Waals surface area contributed by atoms with Gasteiger partial charge in [0.25, 0.3) is 0 Å². The van der Waals surface area contributed by atoms with Gasteiger partial charge in [-0.2, -0.15) is 0 Å². The Hall–Kier alpha value is 0.690.